The number of nitrogens with one attached hydrogen (secondary N) is 1. The van der Waals surface area contributed by atoms with Gasteiger partial charge in [0, 0.05) is 0 Å². The standard InChI is InChI=1S/C11H16N6O/c1-6(2)3-7(12)11(18)17-10-8-9(14-4-13-8)15-5-16-10/h4-8H,3,12H2,1-2H3,(H,13,14,15,16,17,18). The van der Waals surface area contributed by atoms with Crippen LogP contribution in [0.2, 0.25) is 0 Å². The zero-order valence-electron chi connectivity index (χ0n) is 10.4. The number of carbonyl (C=O) groups excluding carboxylic acids is 1. The van der Waals surface area contributed by atoms with Gasteiger partial charge in [0.1, 0.15) is 18.5 Å². The number of nitrogens with zero attached hydrogens (tertiary/aromatic N) is 4. The maximum atomic E-state index is 11.9. The van der Waals surface area contributed by atoms with Crippen molar-refractivity contribution in [1.29, 1.82) is 0 Å². The van der Waals surface area contributed by atoms with Gasteiger partial charge in [0.25, 0.3) is 0 Å². The third-order valence-electron chi connectivity index (χ3n) is 2.61. The third kappa shape index (κ3) is 2.67. The smallest absolute Gasteiger partial charge is 0.242 e. The lowest BCUT2D eigenvalue weighted by atomic mass is 10.0. The molecule has 0 aliphatic carbocycles. The van der Waals surface area contributed by atoms with E-state index in [1.54, 1.807) is 0 Å². The minimum absolute atomic E-state index is 0.251. The van der Waals surface area contributed by atoms with Gasteiger partial charge in [0.05, 0.1) is 6.04 Å². The highest BCUT2D eigenvalue weighted by molar-refractivity contribution is 6.22. The third-order valence-corrected chi connectivity index (χ3v) is 2.61. The largest absolute Gasteiger partial charge is 0.320 e. The fraction of sp³-hybridized carbons (Fsp3) is 0.545. The first-order chi connectivity index (χ1) is 8.58. The average molecular weight is 248 g/mol. The van der Waals surface area contributed by atoms with Crippen LogP contribution in [0.3, 0.4) is 0 Å². The van der Waals surface area contributed by atoms with Crippen LogP contribution in [0.15, 0.2) is 20.0 Å². The molecule has 2 aliphatic heterocycles. The monoisotopic (exact) mass is 248 g/mol. The molecule has 7 heteroatoms. The number of carbonyl (C=O) groups is 1. The molecule has 0 saturated carbocycles. The van der Waals surface area contributed by atoms with E-state index in [9.17, 15) is 4.79 Å². The Morgan fingerprint density at radius 3 is 2.94 bits per heavy atom. The fourth-order valence-electron chi connectivity index (χ4n) is 1.75. The lowest BCUT2D eigenvalue weighted by Gasteiger charge is -2.18. The molecule has 96 valence electrons. The summed E-state index contributed by atoms with van der Waals surface area (Å²) in [5, 5.41) is 2.70. The molecule has 0 saturated heterocycles. The number of hydrogen-bond donors (Lipinski definition) is 2. The van der Waals surface area contributed by atoms with Gasteiger partial charge < -0.3 is 11.1 Å². The second kappa shape index (κ2) is 5.18. The zero-order chi connectivity index (χ0) is 13.1. The van der Waals surface area contributed by atoms with Crippen molar-refractivity contribution in [2.45, 2.75) is 32.4 Å². The molecule has 2 unspecified atom stereocenters. The molecule has 0 aromatic carbocycles. The molecule has 0 aromatic heterocycles. The summed E-state index contributed by atoms with van der Waals surface area (Å²) in [6.45, 7) is 4.04. The van der Waals surface area contributed by atoms with E-state index in [1.165, 1.54) is 12.7 Å². The molecule has 0 fully saturated rings. The Hall–Kier alpha value is -1.89. The van der Waals surface area contributed by atoms with E-state index in [4.69, 9.17) is 5.73 Å². The molecule has 2 heterocycles. The molecule has 1 amide bonds. The summed E-state index contributed by atoms with van der Waals surface area (Å²) in [4.78, 5) is 27.9. The van der Waals surface area contributed by atoms with Crippen LogP contribution in [0.1, 0.15) is 20.3 Å². The van der Waals surface area contributed by atoms with Crippen molar-refractivity contribution >= 4 is 30.3 Å². The van der Waals surface area contributed by atoms with Gasteiger partial charge in [-0.15, -0.1) is 0 Å². The minimum Gasteiger partial charge on any atom is -0.320 e. The van der Waals surface area contributed by atoms with Crippen LogP contribution in [0, 0.1) is 5.92 Å². The van der Waals surface area contributed by atoms with Gasteiger partial charge in [-0.05, 0) is 12.3 Å². The Morgan fingerprint density at radius 2 is 2.22 bits per heavy atom. The van der Waals surface area contributed by atoms with Gasteiger partial charge in [-0.2, -0.15) is 0 Å². The van der Waals surface area contributed by atoms with Gasteiger partial charge in [0.15, 0.2) is 11.9 Å². The normalized spacial score (nSPS) is 22.6. The number of amidine groups is 2. The molecule has 2 aliphatic rings. The summed E-state index contributed by atoms with van der Waals surface area (Å²) in [6.07, 6.45) is 3.40. The Morgan fingerprint density at radius 1 is 1.44 bits per heavy atom. The first-order valence-corrected chi connectivity index (χ1v) is 5.84. The van der Waals surface area contributed by atoms with E-state index >= 15 is 0 Å². The Labute approximate surface area is 105 Å². The molecule has 7 nitrogen and oxygen atoms in total. The summed E-state index contributed by atoms with van der Waals surface area (Å²) >= 11 is 0. The van der Waals surface area contributed by atoms with Crippen molar-refractivity contribution in [3.63, 3.8) is 0 Å². The number of hydrogen-bond acceptors (Lipinski definition) is 6. The van der Waals surface area contributed by atoms with Crippen molar-refractivity contribution in [1.82, 2.24) is 5.32 Å². The molecule has 2 rings (SSSR count). The van der Waals surface area contributed by atoms with Crippen LogP contribution in [0.25, 0.3) is 0 Å². The highest BCUT2D eigenvalue weighted by Gasteiger charge is 2.28. The van der Waals surface area contributed by atoms with Crippen molar-refractivity contribution in [3.05, 3.63) is 0 Å². The molecule has 0 spiro atoms. The van der Waals surface area contributed by atoms with Crippen molar-refractivity contribution in [2.24, 2.45) is 31.6 Å². The van der Waals surface area contributed by atoms with Crippen LogP contribution >= 0.6 is 0 Å². The SMILES string of the molecule is CC(C)CC(N)C(=O)NC1=NC=NC2=NC=NC21. The summed E-state index contributed by atoms with van der Waals surface area (Å²) in [5.74, 6) is 1.08. The molecule has 3 N–H and O–H groups in total. The van der Waals surface area contributed by atoms with Crippen LogP contribution < -0.4 is 11.1 Å². The van der Waals surface area contributed by atoms with E-state index < -0.39 is 12.1 Å². The molecule has 0 radical (unpaired) electrons. The summed E-state index contributed by atoms with van der Waals surface area (Å²) in [6, 6.07) is -0.942. The quantitative estimate of drug-likeness (QED) is 0.717. The highest BCUT2D eigenvalue weighted by atomic mass is 16.2. The summed E-state index contributed by atoms with van der Waals surface area (Å²) < 4.78 is 0. The van der Waals surface area contributed by atoms with Crippen LogP contribution in [-0.4, -0.2) is 42.3 Å². The van der Waals surface area contributed by atoms with Crippen molar-refractivity contribution in [3.8, 4) is 0 Å². The van der Waals surface area contributed by atoms with E-state index in [2.05, 4.69) is 25.3 Å². The number of aliphatic imine (C=N–C) groups is 4. The zero-order valence-corrected chi connectivity index (χ0v) is 10.4. The Kier molecular flexibility index (Phi) is 3.61. The van der Waals surface area contributed by atoms with Crippen LogP contribution in [-0.2, 0) is 4.79 Å². The second-order valence-corrected chi connectivity index (χ2v) is 4.64. The van der Waals surface area contributed by atoms with Gasteiger partial charge in [-0.3, -0.25) is 9.79 Å². The van der Waals surface area contributed by atoms with Crippen LogP contribution in [0.5, 0.6) is 0 Å². The van der Waals surface area contributed by atoms with Gasteiger partial charge >= 0.3 is 0 Å². The van der Waals surface area contributed by atoms with Gasteiger partial charge in [0.2, 0.25) is 5.91 Å². The van der Waals surface area contributed by atoms with E-state index in [0.29, 0.717) is 24.0 Å². The van der Waals surface area contributed by atoms with Crippen molar-refractivity contribution in [2.75, 3.05) is 0 Å². The molecule has 18 heavy (non-hydrogen) atoms. The molecule has 2 atom stereocenters. The Bertz CT molecular complexity index is 462. The predicted molar refractivity (Wildman–Crippen MR) is 71.2 cm³/mol. The average Bonchev–Trinajstić information content (AvgIpc) is 2.77. The Balaban J connectivity index is 1.99. The van der Waals surface area contributed by atoms with Crippen LogP contribution in [0.4, 0.5) is 0 Å². The molecule has 0 bridgehead atoms. The maximum absolute atomic E-state index is 11.9. The van der Waals surface area contributed by atoms with Crippen molar-refractivity contribution < 1.29 is 4.79 Å². The number of nitrogens with two attached hydrogens (primary N) is 1. The maximum Gasteiger partial charge on any atom is 0.242 e. The first kappa shape index (κ1) is 12.6. The minimum atomic E-state index is -0.544. The lowest BCUT2D eigenvalue weighted by Crippen LogP contribution is -2.49. The number of fused-ring (bicyclic) bond motifs is 1. The van der Waals surface area contributed by atoms with E-state index in [-0.39, 0.29) is 5.91 Å². The van der Waals surface area contributed by atoms with Gasteiger partial charge in [-0.25, -0.2) is 15.0 Å². The predicted octanol–water partition coefficient (Wildman–Crippen LogP) is -0.275. The second-order valence-electron chi connectivity index (χ2n) is 4.64. The molecular formula is C11H16N6O. The fourth-order valence-corrected chi connectivity index (χ4v) is 1.75. The first-order valence-electron chi connectivity index (χ1n) is 5.84. The van der Waals surface area contributed by atoms with E-state index in [1.807, 2.05) is 13.8 Å². The highest BCUT2D eigenvalue weighted by Crippen LogP contribution is 2.08. The van der Waals surface area contributed by atoms with E-state index in [0.717, 1.165) is 0 Å². The summed E-state index contributed by atoms with van der Waals surface area (Å²) in [7, 11) is 0. The number of rotatable bonds is 3. The molecular weight excluding hydrogens is 232 g/mol. The number of amides is 1. The van der Waals surface area contributed by atoms with Gasteiger partial charge in [-0.1, -0.05) is 13.8 Å². The topological polar surface area (TPSA) is 105 Å². The summed E-state index contributed by atoms with van der Waals surface area (Å²) in [5.41, 5.74) is 5.80. The lowest BCUT2D eigenvalue weighted by molar-refractivity contribution is -0.121. The molecule has 0 aromatic rings.